The highest BCUT2D eigenvalue weighted by molar-refractivity contribution is 7.87. The topological polar surface area (TPSA) is 87.5 Å². The monoisotopic (exact) mass is 440 g/mol. The predicted octanol–water partition coefficient (Wildman–Crippen LogP) is 4.74. The van der Waals surface area contributed by atoms with Crippen molar-refractivity contribution in [3.63, 3.8) is 0 Å². The minimum absolute atomic E-state index is 0.0115. The van der Waals surface area contributed by atoms with Crippen molar-refractivity contribution in [2.24, 2.45) is 0 Å². The molecule has 32 heavy (non-hydrogen) atoms. The van der Waals surface area contributed by atoms with Crippen LogP contribution in [-0.4, -0.2) is 21.4 Å². The molecule has 0 bridgehead atoms. The normalized spacial score (nSPS) is 12.8. The Morgan fingerprint density at radius 3 is 2.19 bits per heavy atom. The lowest BCUT2D eigenvalue weighted by atomic mass is 10.0. The van der Waals surface area contributed by atoms with Crippen LogP contribution in [0.1, 0.15) is 15.9 Å². The lowest BCUT2D eigenvalue weighted by Gasteiger charge is -2.13. The smallest absolute Gasteiger partial charge is 0.339 e. The highest BCUT2D eigenvalue weighted by Gasteiger charge is 2.30. The Kier molecular flexibility index (Phi) is 4.47. The molecule has 1 heterocycles. The van der Waals surface area contributed by atoms with Crippen LogP contribution in [-0.2, 0) is 10.1 Å². The van der Waals surface area contributed by atoms with E-state index < -0.39 is 10.1 Å². The first-order valence-corrected chi connectivity index (χ1v) is 11.2. The summed E-state index contributed by atoms with van der Waals surface area (Å²) in [6.07, 6.45) is 0. The van der Waals surface area contributed by atoms with Crippen molar-refractivity contribution < 1.29 is 17.4 Å². The van der Waals surface area contributed by atoms with Crippen LogP contribution in [0.4, 0.5) is 5.69 Å². The van der Waals surface area contributed by atoms with Gasteiger partial charge in [0.25, 0.3) is 5.91 Å². The Morgan fingerprint density at radius 1 is 0.875 bits per heavy atom. The molecular formula is C25H16N2O4S. The van der Waals surface area contributed by atoms with Gasteiger partial charge in [0.05, 0.1) is 17.3 Å². The van der Waals surface area contributed by atoms with E-state index in [1.54, 1.807) is 67.7 Å². The molecule has 0 spiro atoms. The molecule has 1 aliphatic heterocycles. The lowest BCUT2D eigenvalue weighted by Crippen LogP contribution is -2.20. The molecule has 0 saturated carbocycles. The van der Waals surface area contributed by atoms with E-state index in [2.05, 4.69) is 6.07 Å². The molecule has 7 heteroatoms. The zero-order valence-electron chi connectivity index (χ0n) is 16.9. The molecule has 156 valence electrons. The molecule has 0 fully saturated rings. The lowest BCUT2D eigenvalue weighted by molar-refractivity contribution is 0.0999. The summed E-state index contributed by atoms with van der Waals surface area (Å²) >= 11 is 0. The second kappa shape index (κ2) is 7.22. The third-order valence-corrected chi connectivity index (χ3v) is 6.86. The Balaban J connectivity index is 1.48. The molecule has 4 aromatic rings. The summed E-state index contributed by atoms with van der Waals surface area (Å²) in [6.45, 7) is 0. The summed E-state index contributed by atoms with van der Waals surface area (Å²) in [5.41, 5.74) is 3.49. The highest BCUT2D eigenvalue weighted by atomic mass is 32.2. The van der Waals surface area contributed by atoms with Gasteiger partial charge in [0.2, 0.25) is 0 Å². The van der Waals surface area contributed by atoms with Crippen molar-refractivity contribution in [3.8, 4) is 22.9 Å². The quantitative estimate of drug-likeness (QED) is 0.428. The maximum Gasteiger partial charge on any atom is 0.339 e. The van der Waals surface area contributed by atoms with Crippen molar-refractivity contribution in [2.75, 3.05) is 11.9 Å². The average molecular weight is 440 g/mol. The predicted molar refractivity (Wildman–Crippen MR) is 121 cm³/mol. The molecule has 0 unspecified atom stereocenters. The summed E-state index contributed by atoms with van der Waals surface area (Å²) < 4.78 is 31.6. The van der Waals surface area contributed by atoms with E-state index in [1.807, 2.05) is 12.1 Å². The van der Waals surface area contributed by atoms with Crippen molar-refractivity contribution in [1.29, 1.82) is 5.26 Å². The molecule has 0 N–H and O–H groups in total. The number of nitriles is 1. The summed E-state index contributed by atoms with van der Waals surface area (Å²) in [5.74, 6) is 0.0123. The van der Waals surface area contributed by atoms with Gasteiger partial charge in [-0.25, -0.2) is 0 Å². The standard InChI is InChI=1S/C25H16N2O4S/c1-27-22-13-14-23(20-3-2-4-21(24(20)22)25(27)28)32(29,30)31-19-11-9-18(10-12-19)17-7-5-16(15-26)6-8-17/h2-14H,1H3. The van der Waals surface area contributed by atoms with Gasteiger partial charge in [-0.15, -0.1) is 0 Å². The molecule has 1 amide bonds. The number of hydrogen-bond donors (Lipinski definition) is 0. The number of rotatable bonds is 4. The Hall–Kier alpha value is -4.15. The number of carbonyl (C=O) groups is 1. The maximum absolute atomic E-state index is 13.1. The molecule has 0 aromatic heterocycles. The summed E-state index contributed by atoms with van der Waals surface area (Å²) in [7, 11) is -2.47. The van der Waals surface area contributed by atoms with Crippen LogP contribution in [0.25, 0.3) is 21.9 Å². The molecule has 6 nitrogen and oxygen atoms in total. The van der Waals surface area contributed by atoms with Crippen LogP contribution in [0.15, 0.2) is 83.8 Å². The van der Waals surface area contributed by atoms with Gasteiger partial charge < -0.3 is 9.08 Å². The van der Waals surface area contributed by atoms with Crippen molar-refractivity contribution in [3.05, 3.63) is 90.0 Å². The van der Waals surface area contributed by atoms with Gasteiger partial charge in [-0.3, -0.25) is 4.79 Å². The largest absolute Gasteiger partial charge is 0.379 e. The zero-order valence-corrected chi connectivity index (χ0v) is 17.8. The van der Waals surface area contributed by atoms with Crippen LogP contribution in [0.3, 0.4) is 0 Å². The number of nitrogens with zero attached hydrogens (tertiary/aromatic N) is 2. The first kappa shape index (κ1) is 19.8. The van der Waals surface area contributed by atoms with Crippen molar-refractivity contribution in [1.82, 2.24) is 0 Å². The van der Waals surface area contributed by atoms with Crippen molar-refractivity contribution in [2.45, 2.75) is 4.90 Å². The minimum Gasteiger partial charge on any atom is -0.379 e. The fourth-order valence-corrected chi connectivity index (χ4v) is 5.07. The van der Waals surface area contributed by atoms with E-state index in [-0.39, 0.29) is 16.6 Å². The zero-order chi connectivity index (χ0) is 22.5. The fourth-order valence-electron chi connectivity index (χ4n) is 3.94. The number of benzene rings is 4. The third kappa shape index (κ3) is 3.09. The van der Waals surface area contributed by atoms with Gasteiger partial charge >= 0.3 is 10.1 Å². The third-order valence-electron chi connectivity index (χ3n) is 5.55. The molecule has 0 saturated heterocycles. The molecule has 5 rings (SSSR count). The SMILES string of the molecule is CN1C(=O)c2cccc3c(S(=O)(=O)Oc4ccc(-c5ccc(C#N)cc5)cc4)ccc1c23. The molecule has 0 atom stereocenters. The van der Waals surface area contributed by atoms with Gasteiger partial charge in [0.1, 0.15) is 10.6 Å². The molecule has 4 aromatic carbocycles. The van der Waals surface area contributed by atoms with Crippen LogP contribution >= 0.6 is 0 Å². The Morgan fingerprint density at radius 2 is 1.53 bits per heavy atom. The Labute approximate surface area is 185 Å². The number of carbonyl (C=O) groups excluding carboxylic acids is 1. The average Bonchev–Trinajstić information content (AvgIpc) is 3.06. The van der Waals surface area contributed by atoms with Crippen LogP contribution in [0.2, 0.25) is 0 Å². The van der Waals surface area contributed by atoms with Crippen LogP contribution in [0, 0.1) is 11.3 Å². The summed E-state index contributed by atoms with van der Waals surface area (Å²) in [6, 6.07) is 24.0. The van der Waals surface area contributed by atoms with E-state index in [0.29, 0.717) is 27.6 Å². The van der Waals surface area contributed by atoms with Gasteiger partial charge in [-0.2, -0.15) is 13.7 Å². The first-order chi connectivity index (χ1) is 15.4. The number of amides is 1. The summed E-state index contributed by atoms with van der Waals surface area (Å²) in [4.78, 5) is 14.0. The molecule has 0 radical (unpaired) electrons. The van der Waals surface area contributed by atoms with Crippen LogP contribution in [0.5, 0.6) is 5.75 Å². The van der Waals surface area contributed by atoms with E-state index in [0.717, 1.165) is 11.1 Å². The number of hydrogen-bond acceptors (Lipinski definition) is 5. The van der Waals surface area contributed by atoms with Gasteiger partial charge in [-0.1, -0.05) is 36.4 Å². The number of anilines is 1. The Bertz CT molecular complexity index is 1530. The second-order valence-electron chi connectivity index (χ2n) is 7.43. The minimum atomic E-state index is -4.13. The highest BCUT2D eigenvalue weighted by Crippen LogP contribution is 2.39. The van der Waals surface area contributed by atoms with E-state index in [4.69, 9.17) is 9.44 Å². The maximum atomic E-state index is 13.1. The van der Waals surface area contributed by atoms with Gasteiger partial charge in [0, 0.05) is 23.4 Å². The van der Waals surface area contributed by atoms with E-state index in [9.17, 15) is 13.2 Å². The summed E-state index contributed by atoms with van der Waals surface area (Å²) in [5, 5.41) is 9.98. The van der Waals surface area contributed by atoms with Crippen molar-refractivity contribution >= 4 is 32.5 Å². The molecular weight excluding hydrogens is 424 g/mol. The molecule has 1 aliphatic rings. The van der Waals surface area contributed by atoms with Gasteiger partial charge in [-0.05, 0) is 53.6 Å². The van der Waals surface area contributed by atoms with E-state index >= 15 is 0 Å². The molecule has 0 aliphatic carbocycles. The van der Waals surface area contributed by atoms with E-state index in [1.165, 1.54) is 11.0 Å². The first-order valence-electron chi connectivity index (χ1n) is 9.78. The second-order valence-corrected chi connectivity index (χ2v) is 8.94. The van der Waals surface area contributed by atoms with Gasteiger partial charge in [0.15, 0.2) is 0 Å². The van der Waals surface area contributed by atoms with Crippen LogP contribution < -0.4 is 9.08 Å². The fraction of sp³-hybridized carbons (Fsp3) is 0.0400.